The van der Waals surface area contributed by atoms with Gasteiger partial charge in [0.15, 0.2) is 5.82 Å². The largest absolute Gasteiger partial charge is 0.493 e. The zero-order valence-corrected chi connectivity index (χ0v) is 18.3. The molecular weight excluding hydrogens is 408 g/mol. The number of rotatable bonds is 9. The zero-order chi connectivity index (χ0) is 22.3. The average Bonchev–Trinajstić information content (AvgIpc) is 3.23. The number of likely N-dealkylation sites (tertiary alicyclic amines) is 1. The molecule has 0 saturated carbocycles. The maximum Gasteiger partial charge on any atom is 0.223 e. The van der Waals surface area contributed by atoms with Gasteiger partial charge >= 0.3 is 0 Å². The van der Waals surface area contributed by atoms with Crippen molar-refractivity contribution in [1.29, 1.82) is 0 Å². The van der Waals surface area contributed by atoms with Gasteiger partial charge < -0.3 is 19.8 Å². The third kappa shape index (κ3) is 5.24. The summed E-state index contributed by atoms with van der Waals surface area (Å²) in [6, 6.07) is 7.00. The summed E-state index contributed by atoms with van der Waals surface area (Å²) in [6.45, 7) is 4.16. The molecule has 1 atom stereocenters. The normalized spacial score (nSPS) is 15.6. The van der Waals surface area contributed by atoms with E-state index in [2.05, 4.69) is 25.3 Å². The van der Waals surface area contributed by atoms with Gasteiger partial charge in [0.2, 0.25) is 11.8 Å². The number of hydrogen-bond donors (Lipinski definition) is 3. The average molecular weight is 439 g/mol. The van der Waals surface area contributed by atoms with Crippen LogP contribution in [0.5, 0.6) is 11.8 Å². The Morgan fingerprint density at radius 2 is 1.97 bits per heavy atom. The van der Waals surface area contributed by atoms with E-state index in [9.17, 15) is 10.2 Å². The molecule has 0 radical (unpaired) electrons. The molecule has 32 heavy (non-hydrogen) atoms. The lowest BCUT2D eigenvalue weighted by Crippen LogP contribution is -2.32. The molecule has 0 aliphatic carbocycles. The van der Waals surface area contributed by atoms with Crippen LogP contribution in [0, 0.1) is 0 Å². The van der Waals surface area contributed by atoms with Crippen molar-refractivity contribution in [2.45, 2.75) is 31.9 Å². The number of pyridine rings is 2. The molecule has 1 fully saturated rings. The van der Waals surface area contributed by atoms with Crippen molar-refractivity contribution >= 4 is 0 Å². The SMILES string of the molecule is COc1cc(-c2cnn(-c3ccc(C(O)NCCCN4CCCCC4)cn3)c2O)ccn1. The number of aromatic nitrogens is 4. The molecule has 0 spiro atoms. The summed E-state index contributed by atoms with van der Waals surface area (Å²) in [5.74, 6) is 0.875. The molecule has 3 aromatic rings. The monoisotopic (exact) mass is 438 g/mol. The molecular formula is C23H30N6O3. The summed E-state index contributed by atoms with van der Waals surface area (Å²) in [4.78, 5) is 10.9. The van der Waals surface area contributed by atoms with Crippen LogP contribution >= 0.6 is 0 Å². The van der Waals surface area contributed by atoms with E-state index in [-0.39, 0.29) is 5.88 Å². The van der Waals surface area contributed by atoms with Gasteiger partial charge in [0.25, 0.3) is 0 Å². The summed E-state index contributed by atoms with van der Waals surface area (Å²) in [6.07, 6.45) is 8.89. The second-order valence-electron chi connectivity index (χ2n) is 7.94. The first-order valence-electron chi connectivity index (χ1n) is 11.0. The van der Waals surface area contributed by atoms with Crippen LogP contribution in [0.1, 0.15) is 37.5 Å². The molecule has 4 rings (SSSR count). The van der Waals surface area contributed by atoms with Crippen LogP contribution in [0.25, 0.3) is 16.9 Å². The molecule has 3 aromatic heterocycles. The molecule has 170 valence electrons. The van der Waals surface area contributed by atoms with Crippen molar-refractivity contribution in [2.24, 2.45) is 0 Å². The lowest BCUT2D eigenvalue weighted by molar-refractivity contribution is 0.135. The first-order valence-corrected chi connectivity index (χ1v) is 11.0. The number of aromatic hydroxyl groups is 1. The molecule has 1 aliphatic heterocycles. The van der Waals surface area contributed by atoms with Gasteiger partial charge in [0.1, 0.15) is 6.23 Å². The number of hydrogen-bond acceptors (Lipinski definition) is 8. The number of aliphatic hydroxyl groups is 1. The van der Waals surface area contributed by atoms with Crippen molar-refractivity contribution in [3.63, 3.8) is 0 Å². The minimum Gasteiger partial charge on any atom is -0.493 e. The van der Waals surface area contributed by atoms with Gasteiger partial charge in [-0.3, -0.25) is 5.32 Å². The van der Waals surface area contributed by atoms with Gasteiger partial charge in [0, 0.05) is 24.0 Å². The fourth-order valence-corrected chi connectivity index (χ4v) is 3.93. The second kappa shape index (κ2) is 10.5. The highest BCUT2D eigenvalue weighted by Crippen LogP contribution is 2.31. The lowest BCUT2D eigenvalue weighted by atomic mass is 10.1. The number of piperidine rings is 1. The Balaban J connectivity index is 1.35. The summed E-state index contributed by atoms with van der Waals surface area (Å²) < 4.78 is 6.50. The predicted molar refractivity (Wildman–Crippen MR) is 121 cm³/mol. The third-order valence-corrected chi connectivity index (χ3v) is 5.74. The smallest absolute Gasteiger partial charge is 0.223 e. The van der Waals surface area contributed by atoms with Crippen molar-refractivity contribution in [3.8, 4) is 28.7 Å². The van der Waals surface area contributed by atoms with E-state index >= 15 is 0 Å². The zero-order valence-electron chi connectivity index (χ0n) is 18.3. The quantitative estimate of drug-likeness (QED) is 0.345. The van der Waals surface area contributed by atoms with E-state index < -0.39 is 6.23 Å². The van der Waals surface area contributed by atoms with Crippen LogP contribution < -0.4 is 10.1 Å². The van der Waals surface area contributed by atoms with E-state index in [0.29, 0.717) is 22.8 Å². The number of aliphatic hydroxyl groups excluding tert-OH is 1. The number of nitrogens with one attached hydrogen (secondary N) is 1. The fourth-order valence-electron chi connectivity index (χ4n) is 3.93. The van der Waals surface area contributed by atoms with Crippen molar-refractivity contribution in [1.82, 2.24) is 30.0 Å². The first-order chi connectivity index (χ1) is 15.7. The van der Waals surface area contributed by atoms with Gasteiger partial charge in [-0.15, -0.1) is 0 Å². The van der Waals surface area contributed by atoms with Crippen LogP contribution in [-0.4, -0.2) is 68.2 Å². The van der Waals surface area contributed by atoms with Gasteiger partial charge in [-0.05, 0) is 69.2 Å². The van der Waals surface area contributed by atoms with E-state index in [1.807, 2.05) is 0 Å². The van der Waals surface area contributed by atoms with Crippen LogP contribution in [-0.2, 0) is 0 Å². The van der Waals surface area contributed by atoms with Gasteiger partial charge in [-0.2, -0.15) is 9.78 Å². The van der Waals surface area contributed by atoms with E-state index in [1.54, 1.807) is 50.0 Å². The first kappa shape index (κ1) is 22.2. The Morgan fingerprint density at radius 3 is 2.72 bits per heavy atom. The molecule has 0 amide bonds. The highest BCUT2D eigenvalue weighted by molar-refractivity contribution is 5.69. The Bertz CT molecular complexity index is 1000. The Morgan fingerprint density at radius 1 is 1.12 bits per heavy atom. The lowest BCUT2D eigenvalue weighted by Gasteiger charge is -2.26. The van der Waals surface area contributed by atoms with Gasteiger partial charge in [0.05, 0.1) is 18.9 Å². The van der Waals surface area contributed by atoms with Crippen molar-refractivity contribution in [3.05, 3.63) is 48.4 Å². The molecule has 1 saturated heterocycles. The van der Waals surface area contributed by atoms with Crippen LogP contribution in [0.4, 0.5) is 0 Å². The van der Waals surface area contributed by atoms with Crippen LogP contribution in [0.3, 0.4) is 0 Å². The third-order valence-electron chi connectivity index (χ3n) is 5.74. The molecule has 9 heteroatoms. The standard InChI is InChI=1S/C23H30N6O3/c1-32-21-14-17(8-10-24-21)19-16-27-29(23(19)31)20-7-6-18(15-26-20)22(30)25-9-5-13-28-11-3-2-4-12-28/h6-8,10,14-16,22,25,30-31H,2-5,9,11-13H2,1H3. The number of methoxy groups -OCH3 is 1. The van der Waals surface area contributed by atoms with E-state index in [1.165, 1.54) is 37.0 Å². The highest BCUT2D eigenvalue weighted by Gasteiger charge is 2.16. The maximum absolute atomic E-state index is 10.7. The predicted octanol–water partition coefficient (Wildman–Crippen LogP) is 2.50. The summed E-state index contributed by atoms with van der Waals surface area (Å²) in [7, 11) is 1.54. The van der Waals surface area contributed by atoms with Gasteiger partial charge in [-0.25, -0.2) is 9.97 Å². The Hall–Kier alpha value is -3.01. The summed E-state index contributed by atoms with van der Waals surface area (Å²) in [5.41, 5.74) is 1.95. The van der Waals surface area contributed by atoms with E-state index in [0.717, 1.165) is 25.1 Å². The Labute approximate surface area is 187 Å². The minimum absolute atomic E-state index is 0.0325. The van der Waals surface area contributed by atoms with E-state index in [4.69, 9.17) is 4.74 Å². The van der Waals surface area contributed by atoms with Crippen molar-refractivity contribution in [2.75, 3.05) is 33.3 Å². The molecule has 0 aromatic carbocycles. The van der Waals surface area contributed by atoms with Crippen LogP contribution in [0.2, 0.25) is 0 Å². The number of nitrogens with zero attached hydrogens (tertiary/aromatic N) is 5. The molecule has 1 unspecified atom stereocenters. The molecule has 4 heterocycles. The Kier molecular flexibility index (Phi) is 7.31. The minimum atomic E-state index is -0.788. The van der Waals surface area contributed by atoms with Crippen molar-refractivity contribution < 1.29 is 14.9 Å². The molecule has 3 N–H and O–H groups in total. The topological polar surface area (TPSA) is 109 Å². The molecule has 1 aliphatic rings. The van der Waals surface area contributed by atoms with Crippen LogP contribution in [0.15, 0.2) is 42.9 Å². The summed E-state index contributed by atoms with van der Waals surface area (Å²) in [5, 5.41) is 28.5. The second-order valence-corrected chi connectivity index (χ2v) is 7.94. The highest BCUT2D eigenvalue weighted by atomic mass is 16.5. The maximum atomic E-state index is 10.7. The fraction of sp³-hybridized carbons (Fsp3) is 0.435. The van der Waals surface area contributed by atoms with Gasteiger partial charge in [-0.1, -0.05) is 6.42 Å². The number of ether oxygens (including phenoxy) is 1. The molecule has 0 bridgehead atoms. The summed E-state index contributed by atoms with van der Waals surface area (Å²) >= 11 is 0. The molecule has 9 nitrogen and oxygen atoms in total.